The molecule has 1 atom stereocenters. The van der Waals surface area contributed by atoms with Crippen molar-refractivity contribution in [2.45, 2.75) is 25.5 Å². The maximum atomic E-state index is 11.9. The van der Waals surface area contributed by atoms with E-state index in [0.29, 0.717) is 13.1 Å². The molecule has 0 saturated heterocycles. The fraction of sp³-hybridized carbons (Fsp3) is 1.00. The molecule has 0 heterocycles. The molecule has 98 valence electrons. The van der Waals surface area contributed by atoms with E-state index in [4.69, 9.17) is 5.11 Å². The monoisotopic (exact) mass is 252 g/mol. The van der Waals surface area contributed by atoms with Crippen LogP contribution in [0.1, 0.15) is 20.3 Å². The molecule has 0 fully saturated rings. The van der Waals surface area contributed by atoms with Crippen LogP contribution < -0.4 is 0 Å². The number of aliphatic hydroxyl groups is 1. The molecule has 1 N–H and O–H groups in total. The second-order valence-electron chi connectivity index (χ2n) is 4.19. The molecular formula is C10H24N2O3S. The van der Waals surface area contributed by atoms with Crippen molar-refractivity contribution >= 4 is 10.0 Å². The van der Waals surface area contributed by atoms with Crippen molar-refractivity contribution in [3.8, 4) is 0 Å². The summed E-state index contributed by atoms with van der Waals surface area (Å²) in [6, 6.07) is 0. The van der Waals surface area contributed by atoms with Crippen LogP contribution in [-0.4, -0.2) is 68.3 Å². The van der Waals surface area contributed by atoms with Gasteiger partial charge in [0.25, 0.3) is 0 Å². The van der Waals surface area contributed by atoms with Crippen LogP contribution >= 0.6 is 0 Å². The lowest BCUT2D eigenvalue weighted by Crippen LogP contribution is -2.40. The Morgan fingerprint density at radius 2 is 1.81 bits per heavy atom. The Morgan fingerprint density at radius 1 is 1.25 bits per heavy atom. The zero-order valence-corrected chi connectivity index (χ0v) is 11.5. The second kappa shape index (κ2) is 7.21. The summed E-state index contributed by atoms with van der Waals surface area (Å²) in [7, 11) is 0.585. The minimum Gasteiger partial charge on any atom is -0.395 e. The zero-order valence-electron chi connectivity index (χ0n) is 10.7. The molecule has 0 aromatic carbocycles. The van der Waals surface area contributed by atoms with E-state index >= 15 is 0 Å². The zero-order chi connectivity index (χ0) is 12.8. The summed E-state index contributed by atoms with van der Waals surface area (Å²) in [6.07, 6.45) is 0.804. The van der Waals surface area contributed by atoms with Crippen molar-refractivity contribution < 1.29 is 13.5 Å². The summed E-state index contributed by atoms with van der Waals surface area (Å²) >= 11 is 0. The van der Waals surface area contributed by atoms with Crippen molar-refractivity contribution in [1.29, 1.82) is 0 Å². The van der Waals surface area contributed by atoms with Gasteiger partial charge in [0.05, 0.1) is 11.9 Å². The molecule has 0 aromatic heterocycles. The Balaban J connectivity index is 4.38. The highest BCUT2D eigenvalue weighted by atomic mass is 32.2. The molecule has 0 aromatic rings. The Morgan fingerprint density at radius 3 is 2.19 bits per heavy atom. The van der Waals surface area contributed by atoms with Crippen LogP contribution in [0.4, 0.5) is 0 Å². The van der Waals surface area contributed by atoms with E-state index in [1.807, 2.05) is 25.9 Å². The minimum atomic E-state index is -3.33. The van der Waals surface area contributed by atoms with Gasteiger partial charge in [0.2, 0.25) is 10.0 Å². The summed E-state index contributed by atoms with van der Waals surface area (Å²) in [5.74, 6) is 0. The fourth-order valence-electron chi connectivity index (χ4n) is 1.38. The normalized spacial score (nSPS) is 14.7. The van der Waals surface area contributed by atoms with Gasteiger partial charge in [0, 0.05) is 13.1 Å². The highest BCUT2D eigenvalue weighted by Gasteiger charge is 2.26. The van der Waals surface area contributed by atoms with E-state index in [9.17, 15) is 8.42 Å². The molecule has 16 heavy (non-hydrogen) atoms. The summed E-state index contributed by atoms with van der Waals surface area (Å²) in [5, 5.41) is 8.20. The summed E-state index contributed by atoms with van der Waals surface area (Å²) in [6.45, 7) is 4.86. The predicted octanol–water partition coefficient (Wildman–Crippen LogP) is -0.0294. The number of sulfonamides is 1. The van der Waals surface area contributed by atoms with E-state index in [-0.39, 0.29) is 6.61 Å². The van der Waals surface area contributed by atoms with E-state index < -0.39 is 15.3 Å². The Labute approximate surface area is 99.1 Å². The van der Waals surface area contributed by atoms with Gasteiger partial charge in [-0.25, -0.2) is 12.7 Å². The second-order valence-corrected chi connectivity index (χ2v) is 6.54. The quantitative estimate of drug-likeness (QED) is 0.659. The van der Waals surface area contributed by atoms with Crippen LogP contribution in [0.25, 0.3) is 0 Å². The molecule has 6 heteroatoms. The van der Waals surface area contributed by atoms with Gasteiger partial charge < -0.3 is 10.0 Å². The van der Waals surface area contributed by atoms with E-state index in [0.717, 1.165) is 13.0 Å². The summed E-state index contributed by atoms with van der Waals surface area (Å²) in [4.78, 5) is 2.02. The predicted molar refractivity (Wildman–Crippen MR) is 65.9 cm³/mol. The minimum absolute atomic E-state index is 0.327. The first-order valence-corrected chi connectivity index (χ1v) is 7.11. The molecule has 1 unspecified atom stereocenters. The highest BCUT2D eigenvalue weighted by Crippen LogP contribution is 2.09. The van der Waals surface area contributed by atoms with Gasteiger partial charge in [-0.1, -0.05) is 6.92 Å². The van der Waals surface area contributed by atoms with Crippen LogP contribution in [0.3, 0.4) is 0 Å². The summed E-state index contributed by atoms with van der Waals surface area (Å²) < 4.78 is 25.3. The van der Waals surface area contributed by atoms with Gasteiger partial charge in [-0.2, -0.15) is 0 Å². The standard InChI is InChI=1S/C10H24N2O3S/c1-5-12(8-6-7-11(3)4)16(14,15)10(2)9-13/h10,13H,5-9H2,1-4H3. The number of hydrogen-bond acceptors (Lipinski definition) is 4. The summed E-state index contributed by atoms with van der Waals surface area (Å²) in [5.41, 5.74) is 0. The van der Waals surface area contributed by atoms with Crippen LogP contribution in [-0.2, 0) is 10.0 Å². The maximum absolute atomic E-state index is 11.9. The number of nitrogens with zero attached hydrogens (tertiary/aromatic N) is 2. The molecule has 0 aliphatic rings. The van der Waals surface area contributed by atoms with Gasteiger partial charge in [0.1, 0.15) is 0 Å². The van der Waals surface area contributed by atoms with E-state index in [2.05, 4.69) is 0 Å². The lowest BCUT2D eigenvalue weighted by Gasteiger charge is -2.24. The third-order valence-electron chi connectivity index (χ3n) is 2.49. The lowest BCUT2D eigenvalue weighted by molar-refractivity contribution is 0.287. The molecule has 0 spiro atoms. The molecule has 0 aliphatic heterocycles. The van der Waals surface area contributed by atoms with Crippen LogP contribution in [0.2, 0.25) is 0 Å². The van der Waals surface area contributed by atoms with Gasteiger partial charge >= 0.3 is 0 Å². The smallest absolute Gasteiger partial charge is 0.218 e. The highest BCUT2D eigenvalue weighted by molar-refractivity contribution is 7.89. The first kappa shape index (κ1) is 15.8. The molecule has 0 radical (unpaired) electrons. The molecular weight excluding hydrogens is 228 g/mol. The van der Waals surface area contributed by atoms with Crippen molar-refractivity contribution in [3.05, 3.63) is 0 Å². The van der Waals surface area contributed by atoms with Gasteiger partial charge in [-0.05, 0) is 34.0 Å². The van der Waals surface area contributed by atoms with Gasteiger partial charge in [0.15, 0.2) is 0 Å². The third-order valence-corrected chi connectivity index (χ3v) is 4.82. The Kier molecular flexibility index (Phi) is 7.14. The van der Waals surface area contributed by atoms with Gasteiger partial charge in [-0.15, -0.1) is 0 Å². The molecule has 0 saturated carbocycles. The van der Waals surface area contributed by atoms with E-state index in [1.165, 1.54) is 11.2 Å². The van der Waals surface area contributed by atoms with Crippen LogP contribution in [0, 0.1) is 0 Å². The average molecular weight is 252 g/mol. The SMILES string of the molecule is CCN(CCCN(C)C)S(=O)(=O)C(C)CO. The molecule has 5 nitrogen and oxygen atoms in total. The van der Waals surface area contributed by atoms with E-state index in [1.54, 1.807) is 0 Å². The van der Waals surface area contributed by atoms with Crippen molar-refractivity contribution in [1.82, 2.24) is 9.21 Å². The third kappa shape index (κ3) is 4.78. The number of aliphatic hydroxyl groups excluding tert-OH is 1. The molecule has 0 amide bonds. The Bertz CT molecular complexity index is 278. The van der Waals surface area contributed by atoms with Crippen molar-refractivity contribution in [2.75, 3.05) is 40.3 Å². The van der Waals surface area contributed by atoms with Crippen molar-refractivity contribution in [2.24, 2.45) is 0 Å². The first-order chi connectivity index (χ1) is 7.36. The number of hydrogen-bond donors (Lipinski definition) is 1. The van der Waals surface area contributed by atoms with Crippen LogP contribution in [0.5, 0.6) is 0 Å². The lowest BCUT2D eigenvalue weighted by atomic mass is 10.4. The molecule has 0 aliphatic carbocycles. The van der Waals surface area contributed by atoms with Crippen LogP contribution in [0.15, 0.2) is 0 Å². The molecule has 0 rings (SSSR count). The fourth-order valence-corrected chi connectivity index (χ4v) is 2.82. The maximum Gasteiger partial charge on any atom is 0.218 e. The van der Waals surface area contributed by atoms with Gasteiger partial charge in [-0.3, -0.25) is 0 Å². The van der Waals surface area contributed by atoms with Crippen molar-refractivity contribution in [3.63, 3.8) is 0 Å². The number of rotatable bonds is 8. The largest absolute Gasteiger partial charge is 0.395 e. The topological polar surface area (TPSA) is 60.9 Å². The first-order valence-electron chi connectivity index (χ1n) is 5.60. The molecule has 0 bridgehead atoms. The Hall–Kier alpha value is -0.170. The average Bonchev–Trinajstić information content (AvgIpc) is 2.22.